The number of amidine groups is 1. The van der Waals surface area contributed by atoms with Crippen molar-refractivity contribution in [2.45, 2.75) is 47.5 Å². The Labute approximate surface area is 227 Å². The summed E-state index contributed by atoms with van der Waals surface area (Å²) < 4.78 is 6.85. The second kappa shape index (κ2) is 15.1. The molecule has 1 aromatic heterocycles. The molecule has 0 unspecified atom stereocenters. The van der Waals surface area contributed by atoms with E-state index >= 15 is 0 Å². The largest absolute Gasteiger partial charge is 0.457 e. The highest BCUT2D eigenvalue weighted by atomic mass is 79.9. The van der Waals surface area contributed by atoms with Crippen LogP contribution < -0.4 is 15.4 Å². The van der Waals surface area contributed by atoms with Gasteiger partial charge in [0.15, 0.2) is 5.84 Å². The van der Waals surface area contributed by atoms with Gasteiger partial charge in [-0.3, -0.25) is 0 Å². The van der Waals surface area contributed by atoms with Crippen LogP contribution >= 0.6 is 27.5 Å². The van der Waals surface area contributed by atoms with E-state index in [9.17, 15) is 0 Å². The summed E-state index contributed by atoms with van der Waals surface area (Å²) in [5.74, 6) is 2.19. The maximum absolute atomic E-state index is 6.28. The summed E-state index contributed by atoms with van der Waals surface area (Å²) in [6.45, 7) is 9.78. The average molecular weight is 571 g/mol. The minimum absolute atomic E-state index is 0.395. The fourth-order valence-electron chi connectivity index (χ4n) is 3.12. The Hall–Kier alpha value is -3.16. The predicted molar refractivity (Wildman–Crippen MR) is 156 cm³/mol. The number of nitrogens with zero attached hydrogens (tertiary/aromatic N) is 2. The van der Waals surface area contributed by atoms with Gasteiger partial charge in [0.2, 0.25) is 0 Å². The van der Waals surface area contributed by atoms with Gasteiger partial charge >= 0.3 is 0 Å². The lowest BCUT2D eigenvalue weighted by Gasteiger charge is -2.16. The van der Waals surface area contributed by atoms with Gasteiger partial charge in [-0.25, -0.2) is 9.98 Å². The summed E-state index contributed by atoms with van der Waals surface area (Å²) in [7, 11) is 0. The van der Waals surface area contributed by atoms with Gasteiger partial charge in [0, 0.05) is 29.9 Å². The quantitative estimate of drug-likeness (QED) is 0.178. The predicted octanol–water partition coefficient (Wildman–Crippen LogP) is 8.23. The lowest BCUT2D eigenvalue weighted by atomic mass is 10.1. The highest BCUT2D eigenvalue weighted by Crippen LogP contribution is 2.27. The number of aliphatic imine (C=N–C) groups is 1. The monoisotopic (exact) mass is 569 g/mol. The number of hydrogen-bond donors (Lipinski definition) is 3. The zero-order valence-corrected chi connectivity index (χ0v) is 23.7. The molecule has 0 saturated carbocycles. The van der Waals surface area contributed by atoms with Crippen LogP contribution in [0.3, 0.4) is 0 Å². The first-order chi connectivity index (χ1) is 17.3. The smallest absolute Gasteiger partial charge is 0.156 e. The van der Waals surface area contributed by atoms with Crippen molar-refractivity contribution >= 4 is 45.3 Å². The van der Waals surface area contributed by atoms with Crippen LogP contribution in [0.2, 0.25) is 5.15 Å². The molecule has 190 valence electrons. The Morgan fingerprint density at radius 1 is 1.25 bits per heavy atom. The van der Waals surface area contributed by atoms with Gasteiger partial charge in [0.1, 0.15) is 22.4 Å². The molecular formula is C28H33BrClN5O. The van der Waals surface area contributed by atoms with E-state index in [1.165, 1.54) is 6.21 Å². The van der Waals surface area contributed by atoms with E-state index in [1.54, 1.807) is 6.92 Å². The van der Waals surface area contributed by atoms with Gasteiger partial charge in [-0.15, -0.1) is 0 Å². The molecule has 2 heterocycles. The van der Waals surface area contributed by atoms with Crippen molar-refractivity contribution in [3.05, 3.63) is 98.9 Å². The lowest BCUT2D eigenvalue weighted by Crippen LogP contribution is -2.17. The topological polar surface area (TPSA) is 82.4 Å². The van der Waals surface area contributed by atoms with Crippen molar-refractivity contribution < 1.29 is 4.74 Å². The number of anilines is 1. The maximum atomic E-state index is 6.28. The van der Waals surface area contributed by atoms with Gasteiger partial charge in [0.25, 0.3) is 0 Å². The van der Waals surface area contributed by atoms with E-state index in [1.807, 2.05) is 81.7 Å². The van der Waals surface area contributed by atoms with Crippen LogP contribution in [0.25, 0.3) is 0 Å². The number of nitrogens with one attached hydrogen (secondary N) is 3. The number of dihydropyridines is 1. The number of halogens is 2. The van der Waals surface area contributed by atoms with Crippen molar-refractivity contribution in [3.63, 3.8) is 0 Å². The van der Waals surface area contributed by atoms with Gasteiger partial charge in [-0.1, -0.05) is 37.1 Å². The number of aromatic nitrogens is 1. The van der Waals surface area contributed by atoms with E-state index in [2.05, 4.69) is 43.5 Å². The van der Waals surface area contributed by atoms with Crippen LogP contribution in [0.1, 0.15) is 50.4 Å². The van der Waals surface area contributed by atoms with Crippen LogP contribution in [0.5, 0.6) is 5.75 Å². The zero-order chi connectivity index (χ0) is 26.5. The third-order valence-corrected chi connectivity index (χ3v) is 6.01. The average Bonchev–Trinajstić information content (AvgIpc) is 2.85. The second-order valence-corrected chi connectivity index (χ2v) is 9.05. The van der Waals surface area contributed by atoms with Crippen molar-refractivity contribution in [3.8, 4) is 5.75 Å². The Balaban J connectivity index is 0.00000145. The van der Waals surface area contributed by atoms with E-state index in [4.69, 9.17) is 21.7 Å². The number of unbranched alkanes of at least 4 members (excludes halogenated alkanes) is 1. The second-order valence-electron chi connectivity index (χ2n) is 7.84. The van der Waals surface area contributed by atoms with Gasteiger partial charge in [-0.05, 0) is 97.7 Å². The number of hydrogen-bond acceptors (Lipinski definition) is 5. The highest BCUT2D eigenvalue weighted by molar-refractivity contribution is 9.10. The van der Waals surface area contributed by atoms with Crippen LogP contribution in [0.4, 0.5) is 5.69 Å². The van der Waals surface area contributed by atoms with Crippen LogP contribution in [0, 0.1) is 19.3 Å². The fraction of sp³-hybridized carbons (Fsp3) is 0.250. The third kappa shape index (κ3) is 8.81. The summed E-state index contributed by atoms with van der Waals surface area (Å²) in [4.78, 5) is 9.19. The first-order valence-corrected chi connectivity index (χ1v) is 12.9. The van der Waals surface area contributed by atoms with Gasteiger partial charge in [0.05, 0.1) is 4.47 Å². The number of rotatable bonds is 7. The Bertz CT molecular complexity index is 1210. The molecule has 8 heteroatoms. The normalized spacial score (nSPS) is 14.1. The van der Waals surface area contributed by atoms with Crippen LogP contribution in [-0.4, -0.2) is 17.0 Å². The number of benzene rings is 1. The first kappa shape index (κ1) is 29.1. The molecule has 0 radical (unpaired) electrons. The summed E-state index contributed by atoms with van der Waals surface area (Å²) in [5, 5.41) is 13.0. The standard InChI is InChI=1S/C26H28BrClN4O.C2H5N/c1-5-7-8-12-30-26(24-18(4)15-22(27)25(28)32-24)31-20-9-10-23(17(3)14-20)33-21-11-13-29-19(6-2)16-21;1-2-3/h6,8-16,29H,5,7H2,1-4H3,(H,30,31);2-3H,1H3/b12-8+,19-6?;. The zero-order valence-electron chi connectivity index (χ0n) is 21.3. The number of allylic oxidation sites excluding steroid dienone is 4. The molecule has 36 heavy (non-hydrogen) atoms. The van der Waals surface area contributed by atoms with Crippen LogP contribution in [-0.2, 0) is 0 Å². The Kier molecular flexibility index (Phi) is 12.2. The van der Waals surface area contributed by atoms with E-state index in [0.717, 1.165) is 51.3 Å². The van der Waals surface area contributed by atoms with E-state index < -0.39 is 0 Å². The molecular weight excluding hydrogens is 538 g/mol. The molecule has 0 aliphatic carbocycles. The number of ether oxygens (including phenoxy) is 1. The summed E-state index contributed by atoms with van der Waals surface area (Å²) in [6, 6.07) is 7.88. The maximum Gasteiger partial charge on any atom is 0.156 e. The molecule has 0 amide bonds. The summed E-state index contributed by atoms with van der Waals surface area (Å²) >= 11 is 9.72. The number of pyridine rings is 1. The van der Waals surface area contributed by atoms with E-state index in [0.29, 0.717) is 16.7 Å². The molecule has 1 aromatic carbocycles. The third-order valence-electron chi connectivity index (χ3n) is 4.88. The molecule has 1 aliphatic rings. The molecule has 6 nitrogen and oxygen atoms in total. The molecule has 1 aliphatic heterocycles. The van der Waals surface area contributed by atoms with Crippen molar-refractivity contribution in [1.29, 1.82) is 5.41 Å². The Morgan fingerprint density at radius 2 is 2.00 bits per heavy atom. The minimum Gasteiger partial charge on any atom is -0.457 e. The highest BCUT2D eigenvalue weighted by Gasteiger charge is 2.14. The molecule has 3 N–H and O–H groups in total. The van der Waals surface area contributed by atoms with Gasteiger partial charge in [-0.2, -0.15) is 0 Å². The fourth-order valence-corrected chi connectivity index (χ4v) is 3.69. The summed E-state index contributed by atoms with van der Waals surface area (Å²) in [6.07, 6.45) is 14.8. The van der Waals surface area contributed by atoms with E-state index in [-0.39, 0.29) is 0 Å². The van der Waals surface area contributed by atoms with Crippen molar-refractivity contribution in [2.75, 3.05) is 5.32 Å². The van der Waals surface area contributed by atoms with Crippen LogP contribution in [0.15, 0.2) is 81.9 Å². The molecule has 3 rings (SSSR count). The molecule has 0 fully saturated rings. The van der Waals surface area contributed by atoms with Gasteiger partial charge < -0.3 is 20.8 Å². The summed E-state index contributed by atoms with van der Waals surface area (Å²) in [5.41, 5.74) is 4.53. The lowest BCUT2D eigenvalue weighted by molar-refractivity contribution is 0.438. The molecule has 2 aromatic rings. The first-order valence-electron chi connectivity index (χ1n) is 11.7. The Morgan fingerprint density at radius 3 is 2.67 bits per heavy atom. The molecule has 0 bridgehead atoms. The number of aryl methyl sites for hydroxylation is 2. The molecule has 0 saturated heterocycles. The van der Waals surface area contributed by atoms with Crippen molar-refractivity contribution in [1.82, 2.24) is 10.3 Å². The molecule has 0 spiro atoms. The van der Waals surface area contributed by atoms with Crippen molar-refractivity contribution in [2.24, 2.45) is 4.99 Å². The SMILES string of the molecule is CC=C1C=C(Oc2ccc(NC(=N/C=C/CCC)c3nc(Cl)c(Br)cc3C)cc2C)C=CN1.CC=N. The molecule has 0 atom stereocenters. The minimum atomic E-state index is 0.395.